The molecule has 9 heteroatoms. The Kier molecular flexibility index (Phi) is 7.02. The van der Waals surface area contributed by atoms with Crippen LogP contribution in [0, 0.1) is 5.92 Å². The summed E-state index contributed by atoms with van der Waals surface area (Å²) in [5, 5.41) is 7.48. The van der Waals surface area contributed by atoms with Crippen LogP contribution in [0.1, 0.15) is 24.4 Å². The second-order valence-electron chi connectivity index (χ2n) is 8.30. The highest BCUT2D eigenvalue weighted by Gasteiger charge is 2.42. The Hall–Kier alpha value is -3.69. The van der Waals surface area contributed by atoms with Gasteiger partial charge in [0, 0.05) is 23.1 Å². The Labute approximate surface area is 217 Å². The molecule has 0 radical (unpaired) electrons. The normalized spacial score (nSPS) is 17.6. The first-order valence-electron chi connectivity index (χ1n) is 11.5. The smallest absolute Gasteiger partial charge is 0.231 e. The minimum Gasteiger partial charge on any atom is -0.497 e. The third-order valence-corrected chi connectivity index (χ3v) is 7.90. The number of methoxy groups -OCH3 is 2. The zero-order valence-electron chi connectivity index (χ0n) is 19.8. The third kappa shape index (κ3) is 4.72. The van der Waals surface area contributed by atoms with Gasteiger partial charge in [-0.05, 0) is 48.2 Å². The van der Waals surface area contributed by atoms with Crippen LogP contribution in [0.25, 0.3) is 10.6 Å². The second-order valence-corrected chi connectivity index (χ2v) is 10.1. The number of anilines is 2. The maximum Gasteiger partial charge on any atom is 0.231 e. The van der Waals surface area contributed by atoms with E-state index in [9.17, 15) is 9.59 Å². The van der Waals surface area contributed by atoms with Gasteiger partial charge in [0.25, 0.3) is 0 Å². The van der Waals surface area contributed by atoms with Gasteiger partial charge in [0.1, 0.15) is 11.5 Å². The summed E-state index contributed by atoms with van der Waals surface area (Å²) in [6.07, 6.45) is 0.678. The van der Waals surface area contributed by atoms with E-state index in [0.29, 0.717) is 28.7 Å². The molecule has 2 unspecified atom stereocenters. The summed E-state index contributed by atoms with van der Waals surface area (Å²) >= 11 is 2.99. The zero-order valence-corrected chi connectivity index (χ0v) is 21.5. The topological polar surface area (TPSA) is 80.8 Å². The van der Waals surface area contributed by atoms with Crippen molar-refractivity contribution in [2.24, 2.45) is 5.92 Å². The lowest BCUT2D eigenvalue weighted by atomic mass is 9.82. The van der Waals surface area contributed by atoms with Gasteiger partial charge in [-0.2, -0.15) is 0 Å². The standard InChI is InChI=1S/C27H25N3O4S2/c1-33-18-11-9-17(10-12-18)30-24(31)14-13-20(25(30)19-6-3-4-7-22(19)34-2)26(32)29-27-28-21(16-36-27)23-8-5-15-35-23/h3-12,15-16,20,25H,13-14H2,1-2H3,(H,28,29,32). The fourth-order valence-electron chi connectivity index (χ4n) is 4.55. The quantitative estimate of drug-likeness (QED) is 0.323. The van der Waals surface area contributed by atoms with E-state index in [4.69, 9.17) is 9.47 Å². The van der Waals surface area contributed by atoms with Gasteiger partial charge in [-0.3, -0.25) is 9.59 Å². The van der Waals surface area contributed by atoms with Crippen molar-refractivity contribution < 1.29 is 19.1 Å². The molecular weight excluding hydrogens is 494 g/mol. The number of piperidine rings is 1. The number of hydrogen-bond donors (Lipinski definition) is 1. The molecule has 1 saturated heterocycles. The number of carbonyl (C=O) groups is 2. The monoisotopic (exact) mass is 519 g/mol. The number of nitrogens with one attached hydrogen (secondary N) is 1. The Morgan fingerprint density at radius 2 is 1.83 bits per heavy atom. The number of hydrogen-bond acceptors (Lipinski definition) is 7. The molecule has 2 amide bonds. The highest BCUT2D eigenvalue weighted by Crippen LogP contribution is 2.44. The molecule has 36 heavy (non-hydrogen) atoms. The predicted molar refractivity (Wildman–Crippen MR) is 143 cm³/mol. The molecule has 2 atom stereocenters. The summed E-state index contributed by atoms with van der Waals surface area (Å²) < 4.78 is 10.9. The number of thiazole rings is 1. The van der Waals surface area contributed by atoms with E-state index in [2.05, 4.69) is 10.3 Å². The Morgan fingerprint density at radius 3 is 2.56 bits per heavy atom. The first kappa shape index (κ1) is 24.0. The van der Waals surface area contributed by atoms with Crippen molar-refractivity contribution >= 4 is 45.3 Å². The van der Waals surface area contributed by atoms with E-state index in [1.165, 1.54) is 11.3 Å². The lowest BCUT2D eigenvalue weighted by Crippen LogP contribution is -2.47. The van der Waals surface area contributed by atoms with Gasteiger partial charge in [-0.25, -0.2) is 4.98 Å². The van der Waals surface area contributed by atoms with E-state index in [0.717, 1.165) is 16.1 Å². The summed E-state index contributed by atoms with van der Waals surface area (Å²) in [4.78, 5) is 34.4. The summed E-state index contributed by atoms with van der Waals surface area (Å²) in [6.45, 7) is 0. The minimum absolute atomic E-state index is 0.0469. The van der Waals surface area contributed by atoms with E-state index < -0.39 is 12.0 Å². The summed E-state index contributed by atoms with van der Waals surface area (Å²) in [5.74, 6) is 0.591. The van der Waals surface area contributed by atoms with Crippen LogP contribution in [-0.2, 0) is 9.59 Å². The van der Waals surface area contributed by atoms with Crippen LogP contribution in [0.15, 0.2) is 71.4 Å². The molecule has 184 valence electrons. The maximum absolute atomic E-state index is 13.7. The SMILES string of the molecule is COc1ccc(N2C(=O)CCC(C(=O)Nc3nc(-c4cccs4)cs3)C2c2ccccc2OC)cc1. The molecule has 0 spiro atoms. The van der Waals surface area contributed by atoms with Gasteiger partial charge >= 0.3 is 0 Å². The zero-order chi connectivity index (χ0) is 25.1. The van der Waals surface area contributed by atoms with E-state index in [-0.39, 0.29) is 18.2 Å². The molecule has 1 fully saturated rings. The highest BCUT2D eigenvalue weighted by molar-refractivity contribution is 7.16. The van der Waals surface area contributed by atoms with Crippen molar-refractivity contribution in [3.63, 3.8) is 0 Å². The first-order chi connectivity index (χ1) is 17.6. The Bertz CT molecular complexity index is 1350. The second kappa shape index (κ2) is 10.5. The summed E-state index contributed by atoms with van der Waals surface area (Å²) in [5.41, 5.74) is 2.32. The van der Waals surface area contributed by atoms with Gasteiger partial charge < -0.3 is 19.7 Å². The van der Waals surface area contributed by atoms with Crippen molar-refractivity contribution in [2.45, 2.75) is 18.9 Å². The van der Waals surface area contributed by atoms with Gasteiger partial charge in [-0.1, -0.05) is 24.3 Å². The van der Waals surface area contributed by atoms with Crippen molar-refractivity contribution in [2.75, 3.05) is 24.4 Å². The highest BCUT2D eigenvalue weighted by atomic mass is 32.1. The molecule has 7 nitrogen and oxygen atoms in total. The largest absolute Gasteiger partial charge is 0.497 e. The van der Waals surface area contributed by atoms with Crippen molar-refractivity contribution in [3.05, 3.63) is 77.0 Å². The average molecular weight is 520 g/mol. The summed E-state index contributed by atoms with van der Waals surface area (Å²) in [7, 11) is 3.19. The fraction of sp³-hybridized carbons (Fsp3) is 0.222. The molecule has 2 aromatic carbocycles. The van der Waals surface area contributed by atoms with Crippen LogP contribution in [0.4, 0.5) is 10.8 Å². The summed E-state index contributed by atoms with van der Waals surface area (Å²) in [6, 6.07) is 18.3. The van der Waals surface area contributed by atoms with E-state index >= 15 is 0 Å². The molecule has 0 aliphatic carbocycles. The molecule has 0 bridgehead atoms. The van der Waals surface area contributed by atoms with Gasteiger partial charge in [0.15, 0.2) is 5.13 Å². The fourth-order valence-corrected chi connectivity index (χ4v) is 6.02. The maximum atomic E-state index is 13.7. The molecule has 3 heterocycles. The number of amides is 2. The van der Waals surface area contributed by atoms with Gasteiger partial charge in [0.2, 0.25) is 11.8 Å². The number of nitrogens with zero attached hydrogens (tertiary/aromatic N) is 2. The number of aromatic nitrogens is 1. The number of thiophene rings is 1. The molecule has 4 aromatic rings. The molecular formula is C27H25N3O4S2. The van der Waals surface area contributed by atoms with Crippen LogP contribution in [0.3, 0.4) is 0 Å². The molecule has 1 aliphatic heterocycles. The third-order valence-electron chi connectivity index (χ3n) is 6.25. The number of rotatable bonds is 7. The van der Waals surface area contributed by atoms with Gasteiger partial charge in [-0.15, -0.1) is 22.7 Å². The van der Waals surface area contributed by atoms with Crippen LogP contribution >= 0.6 is 22.7 Å². The van der Waals surface area contributed by atoms with Crippen molar-refractivity contribution in [3.8, 4) is 22.1 Å². The first-order valence-corrected chi connectivity index (χ1v) is 13.2. The molecule has 1 N–H and O–H groups in total. The van der Waals surface area contributed by atoms with E-state index in [1.807, 2.05) is 71.4 Å². The predicted octanol–water partition coefficient (Wildman–Crippen LogP) is 6.01. The number of ether oxygens (including phenoxy) is 2. The van der Waals surface area contributed by atoms with Crippen molar-refractivity contribution in [1.29, 1.82) is 0 Å². The number of benzene rings is 2. The number of carbonyl (C=O) groups excluding carboxylic acids is 2. The molecule has 5 rings (SSSR count). The van der Waals surface area contributed by atoms with Crippen LogP contribution in [-0.4, -0.2) is 31.0 Å². The van der Waals surface area contributed by atoms with Crippen molar-refractivity contribution in [1.82, 2.24) is 4.98 Å². The van der Waals surface area contributed by atoms with Crippen LogP contribution < -0.4 is 19.7 Å². The molecule has 2 aromatic heterocycles. The average Bonchev–Trinajstić information content (AvgIpc) is 3.61. The molecule has 1 aliphatic rings. The lowest BCUT2D eigenvalue weighted by molar-refractivity contribution is -0.125. The minimum atomic E-state index is -0.549. The lowest BCUT2D eigenvalue weighted by Gasteiger charge is -2.41. The van der Waals surface area contributed by atoms with Crippen LogP contribution in [0.5, 0.6) is 11.5 Å². The number of para-hydroxylation sites is 1. The Morgan fingerprint density at radius 1 is 1.03 bits per heavy atom. The van der Waals surface area contributed by atoms with Gasteiger partial charge in [0.05, 0.1) is 36.8 Å². The van der Waals surface area contributed by atoms with Crippen LogP contribution in [0.2, 0.25) is 0 Å². The van der Waals surface area contributed by atoms with E-state index in [1.54, 1.807) is 30.5 Å². The molecule has 0 saturated carbocycles. The Balaban J connectivity index is 1.51.